The Morgan fingerprint density at radius 2 is 2.11 bits per heavy atom. The highest BCUT2D eigenvalue weighted by atomic mass is 19.1. The lowest BCUT2D eigenvalue weighted by Crippen LogP contribution is -1.67. The van der Waals surface area contributed by atoms with Crippen molar-refractivity contribution in [1.29, 1.82) is 0 Å². The van der Waals surface area contributed by atoms with Gasteiger partial charge in [0.25, 0.3) is 0 Å². The maximum absolute atomic E-state index is 12.2. The van der Waals surface area contributed by atoms with E-state index in [9.17, 15) is 8.78 Å². The Morgan fingerprint density at radius 1 is 1.33 bits per heavy atom. The summed E-state index contributed by atoms with van der Waals surface area (Å²) in [6.45, 7) is 0. The van der Waals surface area contributed by atoms with Gasteiger partial charge in [0.15, 0.2) is 0 Å². The monoisotopic (exact) mass is 128 g/mol. The van der Waals surface area contributed by atoms with Gasteiger partial charge in [-0.15, -0.1) is 0 Å². The maximum Gasteiger partial charge on any atom is 0.125 e. The zero-order valence-electron chi connectivity index (χ0n) is 4.77. The van der Waals surface area contributed by atoms with E-state index in [1.54, 1.807) is 6.08 Å². The molecule has 0 amide bonds. The van der Waals surface area contributed by atoms with Gasteiger partial charge < -0.3 is 0 Å². The van der Waals surface area contributed by atoms with Gasteiger partial charge in [-0.25, -0.2) is 8.78 Å². The van der Waals surface area contributed by atoms with Crippen molar-refractivity contribution in [3.05, 3.63) is 36.0 Å². The van der Waals surface area contributed by atoms with Crippen LogP contribution in [0.1, 0.15) is 6.42 Å². The Labute approximate surface area is 52.2 Å². The Hall–Kier alpha value is -0.920. The fourth-order valence-electron chi connectivity index (χ4n) is 0.597. The average Bonchev–Trinajstić information content (AvgIpc) is 1.93. The third-order valence-electron chi connectivity index (χ3n) is 0.999. The molecular weight excluding hydrogens is 122 g/mol. The van der Waals surface area contributed by atoms with E-state index >= 15 is 0 Å². The molecule has 0 saturated heterocycles. The van der Waals surface area contributed by atoms with Gasteiger partial charge in [-0.1, -0.05) is 12.2 Å². The normalized spacial score (nSPS) is 18.4. The third-order valence-corrected chi connectivity index (χ3v) is 0.999. The molecule has 0 radical (unpaired) electrons. The molecule has 0 aromatic carbocycles. The second-order valence-electron chi connectivity index (χ2n) is 1.78. The number of rotatable bonds is 0. The lowest BCUT2D eigenvalue weighted by Gasteiger charge is -1.84. The van der Waals surface area contributed by atoms with E-state index in [1.165, 1.54) is 12.2 Å². The molecular formula is C7H6F2. The summed E-state index contributed by atoms with van der Waals surface area (Å²) in [7, 11) is 0. The van der Waals surface area contributed by atoms with Crippen molar-refractivity contribution in [1.82, 2.24) is 0 Å². The molecule has 9 heavy (non-hydrogen) atoms. The molecule has 1 aliphatic rings. The Bertz CT molecular complexity index is 187. The highest BCUT2D eigenvalue weighted by Gasteiger charge is 1.96. The first-order chi connectivity index (χ1) is 4.29. The molecule has 0 nitrogen and oxygen atoms in total. The van der Waals surface area contributed by atoms with Crippen LogP contribution in [0, 0.1) is 0 Å². The molecule has 0 heterocycles. The Kier molecular flexibility index (Phi) is 1.78. The van der Waals surface area contributed by atoms with Crippen LogP contribution in [0.15, 0.2) is 36.0 Å². The lowest BCUT2D eigenvalue weighted by molar-refractivity contribution is 0.600. The summed E-state index contributed by atoms with van der Waals surface area (Å²) in [5, 5.41) is 0. The number of hydrogen-bond acceptors (Lipinski definition) is 0. The highest BCUT2D eigenvalue weighted by molar-refractivity contribution is 5.24. The molecule has 2 heteroatoms. The van der Waals surface area contributed by atoms with Crippen LogP contribution < -0.4 is 0 Å². The van der Waals surface area contributed by atoms with E-state index in [4.69, 9.17) is 0 Å². The zero-order valence-corrected chi connectivity index (χ0v) is 4.77. The van der Waals surface area contributed by atoms with E-state index in [-0.39, 0.29) is 6.42 Å². The van der Waals surface area contributed by atoms with Crippen molar-refractivity contribution in [2.24, 2.45) is 0 Å². The van der Waals surface area contributed by atoms with Crippen LogP contribution in [0.5, 0.6) is 0 Å². The van der Waals surface area contributed by atoms with Crippen molar-refractivity contribution in [3.8, 4) is 0 Å². The lowest BCUT2D eigenvalue weighted by atomic mass is 10.3. The predicted octanol–water partition coefficient (Wildman–Crippen LogP) is 2.65. The van der Waals surface area contributed by atoms with Gasteiger partial charge in [-0.2, -0.15) is 0 Å². The summed E-state index contributed by atoms with van der Waals surface area (Å²) in [6, 6.07) is 0. The van der Waals surface area contributed by atoms with Crippen LogP contribution >= 0.6 is 0 Å². The smallest absolute Gasteiger partial charge is 0.125 e. The van der Waals surface area contributed by atoms with E-state index in [2.05, 4.69) is 0 Å². The van der Waals surface area contributed by atoms with Crippen molar-refractivity contribution < 1.29 is 8.78 Å². The topological polar surface area (TPSA) is 0 Å². The zero-order chi connectivity index (χ0) is 6.69. The van der Waals surface area contributed by atoms with Crippen LogP contribution in [-0.4, -0.2) is 0 Å². The molecule has 0 aliphatic heterocycles. The van der Waals surface area contributed by atoms with Gasteiger partial charge in [-0.05, 0) is 6.08 Å². The van der Waals surface area contributed by atoms with Crippen molar-refractivity contribution in [2.75, 3.05) is 0 Å². The van der Waals surface area contributed by atoms with Crippen LogP contribution in [0.25, 0.3) is 0 Å². The molecule has 0 aromatic heterocycles. The standard InChI is InChI=1S/C7H6F2/c8-6-3-1-2-4-7(9)5-6/h1-3,5H,4H2. The van der Waals surface area contributed by atoms with Gasteiger partial charge in [0.2, 0.25) is 0 Å². The van der Waals surface area contributed by atoms with Gasteiger partial charge in [0.05, 0.1) is 0 Å². The largest absolute Gasteiger partial charge is 0.211 e. The molecule has 48 valence electrons. The van der Waals surface area contributed by atoms with Crippen LogP contribution in [0.3, 0.4) is 0 Å². The summed E-state index contributed by atoms with van der Waals surface area (Å²) in [6.07, 6.45) is 5.38. The minimum atomic E-state index is -0.527. The van der Waals surface area contributed by atoms with Crippen molar-refractivity contribution in [3.63, 3.8) is 0 Å². The summed E-state index contributed by atoms with van der Waals surface area (Å²) in [4.78, 5) is 0. The molecule has 0 unspecified atom stereocenters. The molecule has 0 aromatic rings. The number of halogens is 2. The first-order valence-corrected chi connectivity index (χ1v) is 2.67. The van der Waals surface area contributed by atoms with Gasteiger partial charge in [-0.3, -0.25) is 0 Å². The SMILES string of the molecule is FC1=CC=CCC(F)=C1. The Balaban J connectivity index is 2.82. The molecule has 0 N–H and O–H groups in total. The first kappa shape index (κ1) is 6.20. The fraction of sp³-hybridized carbons (Fsp3) is 0.143. The summed E-state index contributed by atoms with van der Waals surface area (Å²) >= 11 is 0. The van der Waals surface area contributed by atoms with Crippen molar-refractivity contribution in [2.45, 2.75) is 6.42 Å². The fourth-order valence-corrected chi connectivity index (χ4v) is 0.597. The molecule has 0 saturated carbocycles. The third kappa shape index (κ3) is 1.80. The maximum atomic E-state index is 12.2. The molecule has 0 spiro atoms. The van der Waals surface area contributed by atoms with E-state index in [0.29, 0.717) is 0 Å². The summed E-state index contributed by atoms with van der Waals surface area (Å²) in [5.74, 6) is -0.959. The second-order valence-corrected chi connectivity index (χ2v) is 1.78. The summed E-state index contributed by atoms with van der Waals surface area (Å²) < 4.78 is 24.4. The molecule has 1 rings (SSSR count). The summed E-state index contributed by atoms with van der Waals surface area (Å²) in [5.41, 5.74) is 0. The van der Waals surface area contributed by atoms with Crippen molar-refractivity contribution >= 4 is 0 Å². The number of allylic oxidation sites excluding steroid dienone is 6. The number of hydrogen-bond donors (Lipinski definition) is 0. The average molecular weight is 128 g/mol. The first-order valence-electron chi connectivity index (χ1n) is 2.67. The minimum absolute atomic E-state index is 0.198. The molecule has 0 atom stereocenters. The van der Waals surface area contributed by atoms with Crippen LogP contribution in [-0.2, 0) is 0 Å². The molecule has 1 aliphatic carbocycles. The van der Waals surface area contributed by atoms with E-state index in [1.807, 2.05) is 0 Å². The highest BCUT2D eigenvalue weighted by Crippen LogP contribution is 2.13. The quantitative estimate of drug-likeness (QED) is 0.470. The van der Waals surface area contributed by atoms with E-state index < -0.39 is 11.7 Å². The molecule has 0 fully saturated rings. The van der Waals surface area contributed by atoms with Gasteiger partial charge in [0.1, 0.15) is 11.7 Å². The van der Waals surface area contributed by atoms with E-state index in [0.717, 1.165) is 6.08 Å². The predicted molar refractivity (Wildman–Crippen MR) is 32.1 cm³/mol. The molecule has 0 bridgehead atoms. The Morgan fingerprint density at radius 3 is 2.89 bits per heavy atom. The minimum Gasteiger partial charge on any atom is -0.211 e. The van der Waals surface area contributed by atoms with Crippen LogP contribution in [0.2, 0.25) is 0 Å². The van der Waals surface area contributed by atoms with Gasteiger partial charge in [0, 0.05) is 12.5 Å². The van der Waals surface area contributed by atoms with Gasteiger partial charge >= 0.3 is 0 Å². The van der Waals surface area contributed by atoms with Crippen LogP contribution in [0.4, 0.5) is 8.78 Å². The second kappa shape index (κ2) is 2.58.